The van der Waals surface area contributed by atoms with Crippen LogP contribution in [0.2, 0.25) is 0 Å². The first-order valence-electron chi connectivity index (χ1n) is 7.69. The molecule has 1 N–H and O–H groups in total. The molecule has 0 aliphatic carbocycles. The van der Waals surface area contributed by atoms with Gasteiger partial charge in [0, 0.05) is 25.4 Å². The summed E-state index contributed by atoms with van der Waals surface area (Å²) in [6.45, 7) is 7.08. The van der Waals surface area contributed by atoms with Gasteiger partial charge in [-0.15, -0.1) is 0 Å². The van der Waals surface area contributed by atoms with Crippen LogP contribution in [0.25, 0.3) is 0 Å². The molecule has 5 heteroatoms. The highest BCUT2D eigenvalue weighted by atomic mass is 32.2. The molecule has 0 bridgehead atoms. The van der Waals surface area contributed by atoms with Gasteiger partial charge in [0.25, 0.3) is 0 Å². The van der Waals surface area contributed by atoms with E-state index in [2.05, 4.69) is 10.2 Å². The van der Waals surface area contributed by atoms with Crippen molar-refractivity contribution >= 4 is 9.84 Å². The van der Waals surface area contributed by atoms with Crippen LogP contribution < -0.4 is 5.32 Å². The predicted molar refractivity (Wildman–Crippen MR) is 79.2 cm³/mol. The van der Waals surface area contributed by atoms with E-state index in [1.807, 2.05) is 6.92 Å². The number of piperidine rings is 2. The third kappa shape index (κ3) is 4.43. The van der Waals surface area contributed by atoms with E-state index in [0.717, 1.165) is 39.1 Å². The minimum absolute atomic E-state index is 0.338. The Kier molecular flexibility index (Phi) is 5.26. The van der Waals surface area contributed by atoms with Gasteiger partial charge in [0.1, 0.15) is 0 Å². The van der Waals surface area contributed by atoms with Crippen LogP contribution in [0.15, 0.2) is 0 Å². The van der Waals surface area contributed by atoms with Crippen LogP contribution in [0, 0.1) is 5.41 Å². The van der Waals surface area contributed by atoms with Gasteiger partial charge >= 0.3 is 0 Å². The summed E-state index contributed by atoms with van der Waals surface area (Å²) < 4.78 is 23.6. The Hall–Kier alpha value is -0.130. The average molecular weight is 288 g/mol. The monoisotopic (exact) mass is 288 g/mol. The molecule has 1 unspecified atom stereocenters. The molecule has 2 fully saturated rings. The fraction of sp³-hybridized carbons (Fsp3) is 1.00. The predicted octanol–water partition coefficient (Wildman–Crippen LogP) is 1.28. The number of rotatable bonds is 5. The van der Waals surface area contributed by atoms with Gasteiger partial charge in [-0.3, -0.25) is 0 Å². The highest BCUT2D eigenvalue weighted by molar-refractivity contribution is 7.91. The van der Waals surface area contributed by atoms with E-state index in [0.29, 0.717) is 16.9 Å². The maximum atomic E-state index is 11.8. The van der Waals surface area contributed by atoms with Crippen molar-refractivity contribution in [3.8, 4) is 0 Å². The van der Waals surface area contributed by atoms with Crippen molar-refractivity contribution in [2.75, 3.05) is 44.2 Å². The van der Waals surface area contributed by atoms with Gasteiger partial charge in [-0.1, -0.05) is 6.92 Å². The molecule has 0 aromatic carbocycles. The van der Waals surface area contributed by atoms with E-state index in [-0.39, 0.29) is 0 Å². The number of hydrogen-bond acceptors (Lipinski definition) is 4. The SMILES string of the molecule is CCCS(=O)(=O)CCN1CCCC2(CCCNC2)C1. The quantitative estimate of drug-likeness (QED) is 0.828. The van der Waals surface area contributed by atoms with Crippen molar-refractivity contribution in [2.24, 2.45) is 5.41 Å². The van der Waals surface area contributed by atoms with Crippen molar-refractivity contribution < 1.29 is 8.42 Å². The number of nitrogens with zero attached hydrogens (tertiary/aromatic N) is 1. The molecule has 0 amide bonds. The first kappa shape index (κ1) is 15.3. The molecule has 2 saturated heterocycles. The van der Waals surface area contributed by atoms with Crippen LogP contribution in [-0.2, 0) is 9.84 Å². The maximum Gasteiger partial charge on any atom is 0.151 e. The van der Waals surface area contributed by atoms with Gasteiger partial charge in [0.05, 0.1) is 5.75 Å². The van der Waals surface area contributed by atoms with Crippen molar-refractivity contribution in [3.05, 3.63) is 0 Å². The third-order valence-electron chi connectivity index (χ3n) is 4.53. The maximum absolute atomic E-state index is 11.8. The molecular formula is C14H28N2O2S. The largest absolute Gasteiger partial charge is 0.316 e. The Balaban J connectivity index is 1.84. The Labute approximate surface area is 117 Å². The molecule has 2 aliphatic rings. The Morgan fingerprint density at radius 2 is 2.00 bits per heavy atom. The first-order valence-corrected chi connectivity index (χ1v) is 9.51. The molecule has 2 aliphatic heterocycles. The molecule has 112 valence electrons. The summed E-state index contributed by atoms with van der Waals surface area (Å²) in [4.78, 5) is 2.38. The van der Waals surface area contributed by atoms with Gasteiger partial charge in [0.15, 0.2) is 9.84 Å². The Bertz CT molecular complexity index is 369. The molecule has 1 spiro atoms. The minimum Gasteiger partial charge on any atom is -0.316 e. The lowest BCUT2D eigenvalue weighted by atomic mass is 9.74. The highest BCUT2D eigenvalue weighted by Gasteiger charge is 2.36. The van der Waals surface area contributed by atoms with Gasteiger partial charge in [-0.25, -0.2) is 8.42 Å². The number of nitrogens with one attached hydrogen (secondary N) is 1. The first-order chi connectivity index (χ1) is 9.05. The van der Waals surface area contributed by atoms with Gasteiger partial charge in [-0.05, 0) is 50.6 Å². The van der Waals surface area contributed by atoms with E-state index in [4.69, 9.17) is 0 Å². The van der Waals surface area contributed by atoms with Crippen LogP contribution in [0.3, 0.4) is 0 Å². The van der Waals surface area contributed by atoms with Crippen LogP contribution in [0.4, 0.5) is 0 Å². The van der Waals surface area contributed by atoms with E-state index < -0.39 is 9.84 Å². The second-order valence-electron chi connectivity index (χ2n) is 6.31. The number of likely N-dealkylation sites (tertiary alicyclic amines) is 1. The molecule has 19 heavy (non-hydrogen) atoms. The summed E-state index contributed by atoms with van der Waals surface area (Å²) in [6.07, 6.45) is 5.82. The molecule has 1 atom stereocenters. The molecule has 0 saturated carbocycles. The van der Waals surface area contributed by atoms with Gasteiger partial charge < -0.3 is 10.2 Å². The molecule has 0 aromatic heterocycles. The van der Waals surface area contributed by atoms with E-state index in [1.165, 1.54) is 25.7 Å². The zero-order chi connectivity index (χ0) is 13.8. The lowest BCUT2D eigenvalue weighted by Crippen LogP contribution is -2.51. The summed E-state index contributed by atoms with van der Waals surface area (Å²) >= 11 is 0. The van der Waals surface area contributed by atoms with Gasteiger partial charge in [0.2, 0.25) is 0 Å². The van der Waals surface area contributed by atoms with Crippen molar-refractivity contribution in [2.45, 2.75) is 39.0 Å². The molecular weight excluding hydrogens is 260 g/mol. The minimum atomic E-state index is -2.83. The second-order valence-corrected chi connectivity index (χ2v) is 8.62. The lowest BCUT2D eigenvalue weighted by Gasteiger charge is -2.45. The average Bonchev–Trinajstić information content (AvgIpc) is 2.38. The summed E-state index contributed by atoms with van der Waals surface area (Å²) in [5, 5.41) is 3.51. The Morgan fingerprint density at radius 3 is 2.68 bits per heavy atom. The van der Waals surface area contributed by atoms with E-state index >= 15 is 0 Å². The third-order valence-corrected chi connectivity index (χ3v) is 6.37. The zero-order valence-electron chi connectivity index (χ0n) is 12.2. The molecule has 2 heterocycles. The fourth-order valence-corrected chi connectivity index (χ4v) is 4.92. The zero-order valence-corrected chi connectivity index (χ0v) is 13.0. The molecule has 2 rings (SSSR count). The van der Waals surface area contributed by atoms with Crippen LogP contribution >= 0.6 is 0 Å². The smallest absolute Gasteiger partial charge is 0.151 e. The fourth-order valence-electron chi connectivity index (χ4n) is 3.56. The number of hydrogen-bond donors (Lipinski definition) is 1. The lowest BCUT2D eigenvalue weighted by molar-refractivity contribution is 0.0685. The summed E-state index contributed by atoms with van der Waals surface area (Å²) in [5.41, 5.74) is 0.422. The molecule has 4 nitrogen and oxygen atoms in total. The summed E-state index contributed by atoms with van der Waals surface area (Å²) in [7, 11) is -2.83. The Morgan fingerprint density at radius 1 is 1.21 bits per heavy atom. The normalized spacial score (nSPS) is 29.7. The van der Waals surface area contributed by atoms with Crippen LogP contribution in [-0.4, -0.2) is 57.5 Å². The number of sulfone groups is 1. The molecule has 0 radical (unpaired) electrons. The summed E-state index contributed by atoms with van der Waals surface area (Å²) in [5.74, 6) is 0.678. The van der Waals surface area contributed by atoms with Crippen molar-refractivity contribution in [3.63, 3.8) is 0 Å². The second kappa shape index (κ2) is 6.55. The standard InChI is InChI=1S/C14H28N2O2S/c1-2-10-19(17,18)11-9-16-8-4-6-14(13-16)5-3-7-15-12-14/h15H,2-13H2,1H3. The summed E-state index contributed by atoms with van der Waals surface area (Å²) in [6, 6.07) is 0. The van der Waals surface area contributed by atoms with Crippen LogP contribution in [0.5, 0.6) is 0 Å². The molecule has 0 aromatic rings. The van der Waals surface area contributed by atoms with Crippen LogP contribution in [0.1, 0.15) is 39.0 Å². The van der Waals surface area contributed by atoms with E-state index in [9.17, 15) is 8.42 Å². The van der Waals surface area contributed by atoms with Crippen molar-refractivity contribution in [1.29, 1.82) is 0 Å². The highest BCUT2D eigenvalue weighted by Crippen LogP contribution is 2.35. The van der Waals surface area contributed by atoms with Crippen molar-refractivity contribution in [1.82, 2.24) is 10.2 Å². The van der Waals surface area contributed by atoms with E-state index in [1.54, 1.807) is 0 Å². The topological polar surface area (TPSA) is 49.4 Å². The van der Waals surface area contributed by atoms with Gasteiger partial charge in [-0.2, -0.15) is 0 Å².